The highest BCUT2D eigenvalue weighted by molar-refractivity contribution is 7.90. The number of benzene rings is 2. The van der Waals surface area contributed by atoms with Crippen molar-refractivity contribution in [1.82, 2.24) is 0 Å². The zero-order chi connectivity index (χ0) is 22.2. The number of carbonyl (C=O) groups is 1. The van der Waals surface area contributed by atoms with E-state index in [2.05, 4.69) is 0 Å². The average Bonchev–Trinajstić information content (AvgIpc) is 2.66. The minimum absolute atomic E-state index is 0.0208. The fourth-order valence-corrected chi connectivity index (χ4v) is 5.33. The van der Waals surface area contributed by atoms with E-state index in [1.165, 1.54) is 0 Å². The lowest BCUT2D eigenvalue weighted by molar-refractivity contribution is 0.0210. The molecule has 162 valence electrons. The molecule has 0 saturated heterocycles. The summed E-state index contributed by atoms with van der Waals surface area (Å²) in [5.74, 6) is -0.336. The molecule has 0 aliphatic carbocycles. The van der Waals surface area contributed by atoms with Crippen molar-refractivity contribution in [2.75, 3.05) is 24.0 Å². The zero-order valence-corrected chi connectivity index (χ0v) is 18.9. The Bertz CT molecular complexity index is 1110. The zero-order valence-electron chi connectivity index (χ0n) is 17.3. The topological polar surface area (TPSA) is 94.6 Å². The van der Waals surface area contributed by atoms with Crippen LogP contribution < -0.4 is 4.74 Å². The summed E-state index contributed by atoms with van der Waals surface area (Å²) in [6.07, 6.45) is 1.39. The first-order valence-electron chi connectivity index (χ1n) is 9.64. The molecule has 8 heteroatoms. The fraction of sp³-hybridized carbons (Fsp3) is 0.409. The van der Waals surface area contributed by atoms with E-state index in [4.69, 9.17) is 4.74 Å². The normalized spacial score (nSPS) is 18.5. The SMILES string of the molecule is Cc1ccc(C2Oc3ccccc3C(=O)C2(CCS(C)(=O)=O)CCS(C)(=O)=O)cc1. The van der Waals surface area contributed by atoms with Gasteiger partial charge in [-0.1, -0.05) is 42.0 Å². The molecule has 30 heavy (non-hydrogen) atoms. The van der Waals surface area contributed by atoms with Gasteiger partial charge in [0.1, 0.15) is 31.5 Å². The first-order valence-corrected chi connectivity index (χ1v) is 13.8. The lowest BCUT2D eigenvalue weighted by Crippen LogP contribution is -2.46. The first kappa shape index (κ1) is 22.5. The average molecular weight is 451 g/mol. The minimum atomic E-state index is -3.39. The molecule has 2 aromatic rings. The number of carbonyl (C=O) groups excluding carboxylic acids is 1. The molecule has 1 unspecified atom stereocenters. The molecule has 0 amide bonds. The lowest BCUT2D eigenvalue weighted by Gasteiger charge is -2.43. The maximum Gasteiger partial charge on any atom is 0.176 e. The van der Waals surface area contributed by atoms with Crippen molar-refractivity contribution in [3.05, 3.63) is 65.2 Å². The molecular weight excluding hydrogens is 424 g/mol. The van der Waals surface area contributed by atoms with E-state index in [0.29, 0.717) is 16.9 Å². The van der Waals surface area contributed by atoms with Crippen molar-refractivity contribution < 1.29 is 26.4 Å². The van der Waals surface area contributed by atoms with Crippen molar-refractivity contribution in [3.8, 4) is 5.75 Å². The Morgan fingerprint density at radius 1 is 0.867 bits per heavy atom. The van der Waals surface area contributed by atoms with E-state index in [1.807, 2.05) is 31.2 Å². The Balaban J connectivity index is 2.19. The van der Waals surface area contributed by atoms with Crippen LogP contribution in [0.25, 0.3) is 0 Å². The van der Waals surface area contributed by atoms with Gasteiger partial charge in [0.15, 0.2) is 5.78 Å². The van der Waals surface area contributed by atoms with Crippen LogP contribution in [0.1, 0.15) is 40.4 Å². The largest absolute Gasteiger partial charge is 0.484 e. The minimum Gasteiger partial charge on any atom is -0.484 e. The summed E-state index contributed by atoms with van der Waals surface area (Å²) in [7, 11) is -6.77. The van der Waals surface area contributed by atoms with Crippen LogP contribution in [-0.2, 0) is 19.7 Å². The summed E-state index contributed by atoms with van der Waals surface area (Å²) in [6, 6.07) is 14.3. The molecule has 0 bridgehead atoms. The number of aryl methyl sites for hydroxylation is 1. The summed E-state index contributed by atoms with van der Waals surface area (Å²) in [4.78, 5) is 13.8. The number of hydrogen-bond acceptors (Lipinski definition) is 6. The summed E-state index contributed by atoms with van der Waals surface area (Å²) >= 11 is 0. The van der Waals surface area contributed by atoms with E-state index in [-0.39, 0.29) is 30.1 Å². The number of ether oxygens (including phenoxy) is 1. The molecule has 0 spiro atoms. The maximum absolute atomic E-state index is 13.8. The molecule has 6 nitrogen and oxygen atoms in total. The number of sulfone groups is 2. The number of fused-ring (bicyclic) bond motifs is 1. The maximum atomic E-state index is 13.8. The molecule has 2 aromatic carbocycles. The molecule has 0 aromatic heterocycles. The third-order valence-electron chi connectivity index (χ3n) is 5.55. The van der Waals surface area contributed by atoms with Crippen LogP contribution in [0.15, 0.2) is 48.5 Å². The van der Waals surface area contributed by atoms with E-state index >= 15 is 0 Å². The van der Waals surface area contributed by atoms with Crippen LogP contribution in [0.2, 0.25) is 0 Å². The van der Waals surface area contributed by atoms with Gasteiger partial charge in [-0.05, 0) is 37.5 Å². The van der Waals surface area contributed by atoms with Crippen LogP contribution in [0.3, 0.4) is 0 Å². The second-order valence-electron chi connectivity index (χ2n) is 8.15. The van der Waals surface area contributed by atoms with Crippen molar-refractivity contribution in [1.29, 1.82) is 0 Å². The highest BCUT2D eigenvalue weighted by Crippen LogP contribution is 2.51. The predicted molar refractivity (Wildman–Crippen MR) is 116 cm³/mol. The molecule has 0 saturated carbocycles. The van der Waals surface area contributed by atoms with Crippen molar-refractivity contribution in [3.63, 3.8) is 0 Å². The summed E-state index contributed by atoms with van der Waals surface area (Å²) < 4.78 is 54.2. The molecular formula is C22H26O6S2. The highest BCUT2D eigenvalue weighted by Gasteiger charge is 2.52. The molecule has 0 fully saturated rings. The second-order valence-corrected chi connectivity index (χ2v) is 12.7. The molecule has 3 rings (SSSR count). The smallest absolute Gasteiger partial charge is 0.176 e. The quantitative estimate of drug-likeness (QED) is 0.643. The van der Waals surface area contributed by atoms with Gasteiger partial charge in [0.05, 0.1) is 22.5 Å². The Labute approximate surface area is 178 Å². The number of para-hydroxylation sites is 1. The number of Topliss-reactive ketones (excluding diaryl/α,β-unsaturated/α-hetero) is 1. The monoisotopic (exact) mass is 450 g/mol. The highest BCUT2D eigenvalue weighted by atomic mass is 32.2. The number of hydrogen-bond donors (Lipinski definition) is 0. The molecule has 1 heterocycles. The van der Waals surface area contributed by atoms with Gasteiger partial charge in [-0.25, -0.2) is 16.8 Å². The molecule has 1 aliphatic rings. The van der Waals surface area contributed by atoms with E-state index in [1.54, 1.807) is 24.3 Å². The Hall–Kier alpha value is -2.19. The predicted octanol–water partition coefficient (Wildman–Crippen LogP) is 3.17. The van der Waals surface area contributed by atoms with Gasteiger partial charge in [0, 0.05) is 12.5 Å². The summed E-state index contributed by atoms with van der Waals surface area (Å²) in [5, 5.41) is 0. The van der Waals surface area contributed by atoms with Gasteiger partial charge < -0.3 is 4.74 Å². The van der Waals surface area contributed by atoms with E-state index in [0.717, 1.165) is 18.1 Å². The van der Waals surface area contributed by atoms with Crippen molar-refractivity contribution in [2.45, 2.75) is 25.9 Å². The standard InChI is InChI=1S/C22H26O6S2/c1-16-8-10-17(11-9-16)21-22(12-14-29(2,24)25,13-15-30(3,26)27)20(23)18-6-4-5-7-19(18)28-21/h4-11,21H,12-15H2,1-3H3. The third kappa shape index (κ3) is 4.92. The van der Waals surface area contributed by atoms with Gasteiger partial charge >= 0.3 is 0 Å². The van der Waals surface area contributed by atoms with E-state index < -0.39 is 31.2 Å². The van der Waals surface area contributed by atoms with Crippen LogP contribution in [0.4, 0.5) is 0 Å². The fourth-order valence-electron chi connectivity index (χ4n) is 3.86. The first-order chi connectivity index (χ1) is 13.9. The Morgan fingerprint density at radius 3 is 1.93 bits per heavy atom. The van der Waals surface area contributed by atoms with Crippen LogP contribution in [0.5, 0.6) is 5.75 Å². The molecule has 0 N–H and O–H groups in total. The van der Waals surface area contributed by atoms with E-state index in [9.17, 15) is 21.6 Å². The molecule has 0 radical (unpaired) electrons. The van der Waals surface area contributed by atoms with Crippen LogP contribution in [0, 0.1) is 12.3 Å². The van der Waals surface area contributed by atoms with Crippen molar-refractivity contribution in [2.24, 2.45) is 5.41 Å². The van der Waals surface area contributed by atoms with Gasteiger partial charge in [-0.3, -0.25) is 4.79 Å². The third-order valence-corrected chi connectivity index (χ3v) is 7.44. The van der Waals surface area contributed by atoms with Gasteiger partial charge in [0.2, 0.25) is 0 Å². The Kier molecular flexibility index (Phi) is 6.11. The number of rotatable bonds is 7. The Morgan fingerprint density at radius 2 is 1.40 bits per heavy atom. The van der Waals surface area contributed by atoms with Gasteiger partial charge in [-0.2, -0.15) is 0 Å². The lowest BCUT2D eigenvalue weighted by atomic mass is 9.67. The van der Waals surface area contributed by atoms with Gasteiger partial charge in [-0.15, -0.1) is 0 Å². The van der Waals surface area contributed by atoms with Crippen LogP contribution >= 0.6 is 0 Å². The number of ketones is 1. The van der Waals surface area contributed by atoms with Crippen molar-refractivity contribution >= 4 is 25.5 Å². The molecule has 1 aliphatic heterocycles. The van der Waals surface area contributed by atoms with Gasteiger partial charge in [0.25, 0.3) is 0 Å². The van der Waals surface area contributed by atoms with Crippen LogP contribution in [-0.4, -0.2) is 46.6 Å². The summed E-state index contributed by atoms with van der Waals surface area (Å²) in [6.45, 7) is 1.94. The second kappa shape index (κ2) is 8.15. The molecule has 1 atom stereocenters. The summed E-state index contributed by atoms with van der Waals surface area (Å²) in [5.41, 5.74) is 0.781.